The standard InChI is InChI=1S/C11H12ClNO4/c1-11(2,10(14)15)6-7-8(12)4-3-5-9(7)13(16)17/h3-5H,6H2,1-2H3,(H,14,15). The van der Waals surface area contributed by atoms with Crippen LogP contribution in [0.25, 0.3) is 0 Å². The molecule has 0 heterocycles. The summed E-state index contributed by atoms with van der Waals surface area (Å²) in [5.74, 6) is -1.02. The number of aliphatic carboxylic acids is 1. The van der Waals surface area contributed by atoms with Gasteiger partial charge in [-0.15, -0.1) is 0 Å². The highest BCUT2D eigenvalue weighted by Gasteiger charge is 2.31. The lowest BCUT2D eigenvalue weighted by Gasteiger charge is -2.19. The number of hydrogen-bond acceptors (Lipinski definition) is 3. The third kappa shape index (κ3) is 2.94. The molecule has 5 nitrogen and oxygen atoms in total. The number of benzene rings is 1. The Balaban J connectivity index is 3.22. The van der Waals surface area contributed by atoms with Crippen molar-refractivity contribution in [2.24, 2.45) is 5.41 Å². The van der Waals surface area contributed by atoms with Gasteiger partial charge in [0.1, 0.15) is 0 Å². The first-order chi connectivity index (χ1) is 7.75. The quantitative estimate of drug-likeness (QED) is 0.664. The van der Waals surface area contributed by atoms with Gasteiger partial charge in [0.15, 0.2) is 0 Å². The zero-order valence-electron chi connectivity index (χ0n) is 9.44. The fourth-order valence-corrected chi connectivity index (χ4v) is 1.65. The number of carbonyl (C=O) groups is 1. The van der Waals surface area contributed by atoms with Crippen molar-refractivity contribution in [1.29, 1.82) is 0 Å². The molecule has 6 heteroatoms. The Bertz CT molecular complexity index is 471. The Morgan fingerprint density at radius 2 is 2.12 bits per heavy atom. The monoisotopic (exact) mass is 257 g/mol. The van der Waals surface area contributed by atoms with E-state index in [2.05, 4.69) is 0 Å². The lowest BCUT2D eigenvalue weighted by molar-refractivity contribution is -0.385. The van der Waals surface area contributed by atoms with Gasteiger partial charge in [0.25, 0.3) is 5.69 Å². The summed E-state index contributed by atoms with van der Waals surface area (Å²) in [6, 6.07) is 4.30. The molecule has 0 aliphatic rings. The van der Waals surface area contributed by atoms with Gasteiger partial charge in [-0.25, -0.2) is 0 Å². The van der Waals surface area contributed by atoms with Gasteiger partial charge in [0, 0.05) is 11.6 Å². The Morgan fingerprint density at radius 3 is 2.59 bits per heavy atom. The van der Waals surface area contributed by atoms with Crippen molar-refractivity contribution in [3.63, 3.8) is 0 Å². The molecule has 0 radical (unpaired) electrons. The van der Waals surface area contributed by atoms with Crippen LogP contribution in [0.4, 0.5) is 5.69 Å². The molecule has 0 amide bonds. The summed E-state index contributed by atoms with van der Waals surface area (Å²) in [5.41, 5.74) is -0.992. The van der Waals surface area contributed by atoms with Crippen LogP contribution in [-0.4, -0.2) is 16.0 Å². The van der Waals surface area contributed by atoms with Crippen molar-refractivity contribution in [2.45, 2.75) is 20.3 Å². The second-order valence-corrected chi connectivity index (χ2v) is 4.77. The summed E-state index contributed by atoms with van der Waals surface area (Å²) in [6.45, 7) is 3.00. The highest BCUT2D eigenvalue weighted by Crippen LogP contribution is 2.32. The minimum Gasteiger partial charge on any atom is -0.481 e. The molecule has 0 atom stereocenters. The van der Waals surface area contributed by atoms with E-state index in [1.165, 1.54) is 32.0 Å². The lowest BCUT2D eigenvalue weighted by atomic mass is 9.85. The third-order valence-electron chi connectivity index (χ3n) is 2.49. The van der Waals surface area contributed by atoms with Crippen molar-refractivity contribution >= 4 is 23.3 Å². The topological polar surface area (TPSA) is 80.4 Å². The first-order valence-corrected chi connectivity index (χ1v) is 5.28. The van der Waals surface area contributed by atoms with E-state index < -0.39 is 16.3 Å². The average molecular weight is 258 g/mol. The molecule has 1 N–H and O–H groups in total. The van der Waals surface area contributed by atoms with E-state index in [0.29, 0.717) is 0 Å². The molecule has 1 aromatic rings. The Hall–Kier alpha value is -1.62. The van der Waals surface area contributed by atoms with Gasteiger partial charge >= 0.3 is 5.97 Å². The Morgan fingerprint density at radius 1 is 1.53 bits per heavy atom. The Labute approximate surface area is 103 Å². The first-order valence-electron chi connectivity index (χ1n) is 4.91. The lowest BCUT2D eigenvalue weighted by Crippen LogP contribution is -2.26. The van der Waals surface area contributed by atoms with Gasteiger partial charge < -0.3 is 5.11 Å². The SMILES string of the molecule is CC(C)(Cc1c(Cl)cccc1[N+](=O)[O-])C(=O)O. The number of halogens is 1. The van der Waals surface area contributed by atoms with Crippen molar-refractivity contribution in [1.82, 2.24) is 0 Å². The first kappa shape index (κ1) is 13.4. The fourth-order valence-electron chi connectivity index (χ4n) is 1.41. The maximum atomic E-state index is 11.0. The molecule has 92 valence electrons. The van der Waals surface area contributed by atoms with Crippen LogP contribution >= 0.6 is 11.6 Å². The van der Waals surface area contributed by atoms with Crippen LogP contribution < -0.4 is 0 Å². The van der Waals surface area contributed by atoms with Gasteiger partial charge in [-0.05, 0) is 26.3 Å². The van der Waals surface area contributed by atoms with Crippen LogP contribution in [0.2, 0.25) is 5.02 Å². The molecule has 1 aromatic carbocycles. The maximum Gasteiger partial charge on any atom is 0.309 e. The van der Waals surface area contributed by atoms with Crippen LogP contribution in [0.3, 0.4) is 0 Å². The predicted molar refractivity (Wildman–Crippen MR) is 63.2 cm³/mol. The van der Waals surface area contributed by atoms with E-state index in [4.69, 9.17) is 16.7 Å². The van der Waals surface area contributed by atoms with Crippen LogP contribution in [0, 0.1) is 15.5 Å². The molecule has 0 aliphatic heterocycles. The smallest absolute Gasteiger partial charge is 0.309 e. The molecule has 0 aromatic heterocycles. The van der Waals surface area contributed by atoms with Crippen molar-refractivity contribution in [3.05, 3.63) is 38.9 Å². The van der Waals surface area contributed by atoms with Gasteiger partial charge in [-0.1, -0.05) is 17.7 Å². The van der Waals surface area contributed by atoms with E-state index in [0.717, 1.165) is 0 Å². The zero-order chi connectivity index (χ0) is 13.2. The molecule has 17 heavy (non-hydrogen) atoms. The van der Waals surface area contributed by atoms with Crippen molar-refractivity contribution in [3.8, 4) is 0 Å². The largest absolute Gasteiger partial charge is 0.481 e. The minimum absolute atomic E-state index is 0.0122. The molecule has 0 spiro atoms. The van der Waals surface area contributed by atoms with E-state index in [-0.39, 0.29) is 22.7 Å². The molecule has 0 saturated carbocycles. The predicted octanol–water partition coefficient (Wildman–Crippen LogP) is 2.90. The minimum atomic E-state index is -1.10. The molecule has 0 saturated heterocycles. The number of nitro benzene ring substituents is 1. The fraction of sp³-hybridized carbons (Fsp3) is 0.364. The van der Waals surface area contributed by atoms with E-state index in [1.54, 1.807) is 0 Å². The van der Waals surface area contributed by atoms with Crippen molar-refractivity contribution in [2.75, 3.05) is 0 Å². The van der Waals surface area contributed by atoms with Crippen LogP contribution in [0.15, 0.2) is 18.2 Å². The number of nitrogens with zero attached hydrogens (tertiary/aromatic N) is 1. The molecular weight excluding hydrogens is 246 g/mol. The van der Waals surface area contributed by atoms with Crippen molar-refractivity contribution < 1.29 is 14.8 Å². The highest BCUT2D eigenvalue weighted by atomic mass is 35.5. The number of carboxylic acid groups (broad SMARTS) is 1. The van der Waals surface area contributed by atoms with E-state index in [1.807, 2.05) is 0 Å². The number of hydrogen-bond donors (Lipinski definition) is 1. The molecular formula is C11H12ClNO4. The van der Waals surface area contributed by atoms with Crippen LogP contribution in [0.1, 0.15) is 19.4 Å². The zero-order valence-corrected chi connectivity index (χ0v) is 10.2. The van der Waals surface area contributed by atoms with E-state index >= 15 is 0 Å². The average Bonchev–Trinajstić information content (AvgIpc) is 2.20. The van der Waals surface area contributed by atoms with Gasteiger partial charge in [-0.3, -0.25) is 14.9 Å². The summed E-state index contributed by atoms with van der Waals surface area (Å²) in [4.78, 5) is 21.3. The number of carboxylic acids is 1. The Kier molecular flexibility index (Phi) is 3.72. The van der Waals surface area contributed by atoms with E-state index in [9.17, 15) is 14.9 Å². The molecule has 0 aliphatic carbocycles. The van der Waals surface area contributed by atoms with Crippen LogP contribution in [-0.2, 0) is 11.2 Å². The van der Waals surface area contributed by atoms with Gasteiger partial charge in [0.05, 0.1) is 15.4 Å². The second kappa shape index (κ2) is 4.71. The molecule has 1 rings (SSSR count). The summed E-state index contributed by atoms with van der Waals surface area (Å²) < 4.78 is 0. The van der Waals surface area contributed by atoms with Crippen LogP contribution in [0.5, 0.6) is 0 Å². The van der Waals surface area contributed by atoms with Gasteiger partial charge in [0.2, 0.25) is 0 Å². The second-order valence-electron chi connectivity index (χ2n) is 4.36. The summed E-state index contributed by atoms with van der Waals surface area (Å²) in [6.07, 6.45) is 0.0122. The maximum absolute atomic E-state index is 11.0. The number of rotatable bonds is 4. The summed E-state index contributed by atoms with van der Waals surface area (Å²) in [7, 11) is 0. The third-order valence-corrected chi connectivity index (χ3v) is 2.84. The highest BCUT2D eigenvalue weighted by molar-refractivity contribution is 6.31. The molecule has 0 fully saturated rings. The molecule has 0 unspecified atom stereocenters. The molecule has 0 bridgehead atoms. The normalized spacial score (nSPS) is 11.2. The summed E-state index contributed by atoms with van der Waals surface area (Å²) in [5, 5.41) is 20.1. The van der Waals surface area contributed by atoms with Gasteiger partial charge in [-0.2, -0.15) is 0 Å². The summed E-state index contributed by atoms with van der Waals surface area (Å²) >= 11 is 5.89. The number of nitro groups is 1.